The number of ether oxygens (including phenoxy) is 1. The molecule has 0 aliphatic heterocycles. The number of hydrazone groups is 1. The van der Waals surface area contributed by atoms with E-state index in [0.29, 0.717) is 18.8 Å². The van der Waals surface area contributed by atoms with Crippen molar-refractivity contribution in [3.05, 3.63) is 51.4 Å². The summed E-state index contributed by atoms with van der Waals surface area (Å²) in [5, 5.41) is 14.2. The lowest BCUT2D eigenvalue weighted by Gasteiger charge is -2.15. The first-order chi connectivity index (χ1) is 13.6. The van der Waals surface area contributed by atoms with Crippen LogP contribution in [0.2, 0.25) is 0 Å². The summed E-state index contributed by atoms with van der Waals surface area (Å²) in [6, 6.07) is 1.95. The van der Waals surface area contributed by atoms with Gasteiger partial charge in [-0.3, -0.25) is 15.1 Å². The molecule has 0 amide bonds. The van der Waals surface area contributed by atoms with Gasteiger partial charge in [-0.2, -0.15) is 10.2 Å². The van der Waals surface area contributed by atoms with Gasteiger partial charge >= 0.3 is 0 Å². The van der Waals surface area contributed by atoms with Crippen molar-refractivity contribution < 1.29 is 4.74 Å². The van der Waals surface area contributed by atoms with E-state index in [1.54, 1.807) is 42.9 Å². The maximum Gasteiger partial charge on any atom is 0.0990 e. The molecule has 0 aliphatic carbocycles. The van der Waals surface area contributed by atoms with E-state index in [9.17, 15) is 0 Å². The van der Waals surface area contributed by atoms with Gasteiger partial charge in [-0.25, -0.2) is 4.98 Å². The molecule has 0 bridgehead atoms. The number of aromatic nitrogens is 3. The number of hydrogen-bond donors (Lipinski definition) is 2. The van der Waals surface area contributed by atoms with Crippen molar-refractivity contribution in [2.24, 2.45) is 15.8 Å². The molecule has 0 saturated heterocycles. The number of aromatic amines is 1. The van der Waals surface area contributed by atoms with Crippen LogP contribution in [0.3, 0.4) is 0 Å². The maximum absolute atomic E-state index is 6.17. The van der Waals surface area contributed by atoms with Crippen LogP contribution in [-0.4, -0.2) is 67.0 Å². The molecule has 0 fully saturated rings. The molecule has 2 aromatic rings. The molecule has 3 N–H and O–H groups in total. The number of likely N-dealkylation sites (N-methyl/N-ethyl adjacent to an activating group) is 1. The Kier molecular flexibility index (Phi) is 8.57. The van der Waals surface area contributed by atoms with Gasteiger partial charge in [0.15, 0.2) is 0 Å². The number of nitrogens with zero attached hydrogens (tertiary/aromatic N) is 5. The van der Waals surface area contributed by atoms with Crippen LogP contribution in [-0.2, 0) is 11.2 Å². The predicted octanol–water partition coefficient (Wildman–Crippen LogP) is 2.34. The van der Waals surface area contributed by atoms with Gasteiger partial charge in [0.2, 0.25) is 0 Å². The predicted molar refractivity (Wildman–Crippen MR) is 116 cm³/mol. The van der Waals surface area contributed by atoms with Gasteiger partial charge in [0, 0.05) is 68.8 Å². The second-order valence-electron chi connectivity index (χ2n) is 6.05. The first-order valence-corrected chi connectivity index (χ1v) is 9.62. The van der Waals surface area contributed by atoms with Crippen molar-refractivity contribution in [2.45, 2.75) is 13.3 Å². The quantitative estimate of drug-likeness (QED) is 0.470. The van der Waals surface area contributed by atoms with Crippen LogP contribution < -0.4 is 5.73 Å². The summed E-state index contributed by atoms with van der Waals surface area (Å²) in [5.41, 5.74) is 9.75. The molecule has 2 rings (SSSR count). The van der Waals surface area contributed by atoms with Crippen LogP contribution in [0.5, 0.6) is 0 Å². The summed E-state index contributed by atoms with van der Waals surface area (Å²) < 4.78 is 5.17. The van der Waals surface area contributed by atoms with Crippen molar-refractivity contribution in [1.29, 1.82) is 0 Å². The zero-order valence-electron chi connectivity index (χ0n) is 16.7. The number of nitrogens with one attached hydrogen (secondary N) is 1. The van der Waals surface area contributed by atoms with E-state index in [2.05, 4.69) is 25.3 Å². The van der Waals surface area contributed by atoms with Crippen molar-refractivity contribution in [3.63, 3.8) is 0 Å². The minimum Gasteiger partial charge on any atom is -0.400 e. The third kappa shape index (κ3) is 6.43. The Morgan fingerprint density at radius 2 is 2.25 bits per heavy atom. The number of H-pyrrole nitrogens is 1. The highest BCUT2D eigenvalue weighted by molar-refractivity contribution is 7.13. The Hall–Kier alpha value is -2.78. The smallest absolute Gasteiger partial charge is 0.0990 e. The maximum atomic E-state index is 6.17. The first-order valence-electron chi connectivity index (χ1n) is 8.80. The van der Waals surface area contributed by atoms with Crippen molar-refractivity contribution in [1.82, 2.24) is 20.2 Å². The summed E-state index contributed by atoms with van der Waals surface area (Å²) in [6.45, 7) is 2.88. The molecule has 0 aromatic carbocycles. The van der Waals surface area contributed by atoms with Crippen LogP contribution in [0.4, 0.5) is 0 Å². The summed E-state index contributed by atoms with van der Waals surface area (Å²) in [6.07, 6.45) is 9.91. The molecule has 0 radical (unpaired) electrons. The van der Waals surface area contributed by atoms with Gasteiger partial charge in [0.1, 0.15) is 0 Å². The van der Waals surface area contributed by atoms with Gasteiger partial charge in [-0.15, -0.1) is 11.3 Å². The minimum atomic E-state index is 0.417. The van der Waals surface area contributed by atoms with Crippen LogP contribution in [0.1, 0.15) is 22.5 Å². The van der Waals surface area contributed by atoms with E-state index >= 15 is 0 Å². The zero-order valence-corrected chi connectivity index (χ0v) is 17.5. The molecule has 0 saturated carbocycles. The molecule has 150 valence electrons. The average molecular weight is 402 g/mol. The fourth-order valence-electron chi connectivity index (χ4n) is 2.43. The second-order valence-corrected chi connectivity index (χ2v) is 7.17. The number of allylic oxidation sites excluding steroid dienone is 2. The zero-order chi connectivity index (χ0) is 20.4. The molecule has 9 heteroatoms. The van der Waals surface area contributed by atoms with Crippen molar-refractivity contribution in [2.75, 3.05) is 34.4 Å². The van der Waals surface area contributed by atoms with Gasteiger partial charge < -0.3 is 10.5 Å². The molecule has 0 aliphatic rings. The summed E-state index contributed by atoms with van der Waals surface area (Å²) in [5.74, 6) is 0. The number of nitrogens with two attached hydrogens (primary N) is 1. The highest BCUT2D eigenvalue weighted by atomic mass is 32.1. The lowest BCUT2D eigenvalue weighted by molar-refractivity contribution is 0.228. The summed E-state index contributed by atoms with van der Waals surface area (Å²) in [7, 11) is 5.21. The van der Waals surface area contributed by atoms with E-state index in [1.165, 1.54) is 0 Å². The Labute approximate surface area is 169 Å². The lowest BCUT2D eigenvalue weighted by Crippen LogP contribution is -2.22. The average Bonchev–Trinajstić information content (AvgIpc) is 3.35. The topological polar surface area (TPSA) is 105 Å². The SMILES string of the molecule is C/C=C(\C=N/N(C)CC(N)=C(C=NC)COC)c1cnc(Cc2ccn[nH]2)s1. The molecule has 2 aromatic heterocycles. The van der Waals surface area contributed by atoms with Crippen LogP contribution in [0.25, 0.3) is 5.57 Å². The fourth-order valence-corrected chi connectivity index (χ4v) is 3.41. The Balaban J connectivity index is 2.02. The largest absolute Gasteiger partial charge is 0.400 e. The number of hydrogen-bond acceptors (Lipinski definition) is 8. The Morgan fingerprint density at radius 3 is 2.89 bits per heavy atom. The summed E-state index contributed by atoms with van der Waals surface area (Å²) >= 11 is 1.64. The van der Waals surface area contributed by atoms with Gasteiger partial charge in [-0.1, -0.05) is 6.08 Å². The van der Waals surface area contributed by atoms with E-state index in [4.69, 9.17) is 10.5 Å². The monoisotopic (exact) mass is 401 g/mol. The van der Waals surface area contributed by atoms with Crippen LogP contribution >= 0.6 is 11.3 Å². The number of methoxy groups -OCH3 is 1. The molecule has 0 unspecified atom stereocenters. The highest BCUT2D eigenvalue weighted by Crippen LogP contribution is 2.22. The Bertz CT molecular complexity index is 850. The van der Waals surface area contributed by atoms with Crippen molar-refractivity contribution >= 4 is 29.3 Å². The fraction of sp³-hybridized carbons (Fsp3) is 0.368. The normalized spacial score (nSPS) is 13.5. The van der Waals surface area contributed by atoms with Crippen molar-refractivity contribution in [3.8, 4) is 0 Å². The number of rotatable bonds is 10. The third-order valence-corrected chi connectivity index (χ3v) is 4.89. The van der Waals surface area contributed by atoms with E-state index in [-0.39, 0.29) is 0 Å². The van der Waals surface area contributed by atoms with Gasteiger partial charge in [0.05, 0.1) is 29.3 Å². The Morgan fingerprint density at radius 1 is 1.43 bits per heavy atom. The lowest BCUT2D eigenvalue weighted by atomic mass is 10.2. The van der Waals surface area contributed by atoms with Crippen LogP contribution in [0.15, 0.2) is 45.9 Å². The molecular weight excluding hydrogens is 374 g/mol. The van der Waals surface area contributed by atoms with Crippen LogP contribution in [0, 0.1) is 0 Å². The molecule has 0 spiro atoms. The molecular formula is C19H27N7OS. The summed E-state index contributed by atoms with van der Waals surface area (Å²) in [4.78, 5) is 9.58. The first kappa shape index (κ1) is 21.5. The molecule has 8 nitrogen and oxygen atoms in total. The number of aliphatic imine (C=N–C) groups is 1. The molecule has 28 heavy (non-hydrogen) atoms. The molecule has 0 atom stereocenters. The highest BCUT2D eigenvalue weighted by Gasteiger charge is 2.08. The van der Waals surface area contributed by atoms with Gasteiger partial charge in [-0.05, 0) is 13.0 Å². The third-order valence-electron chi connectivity index (χ3n) is 3.84. The van der Waals surface area contributed by atoms with Gasteiger partial charge in [0.25, 0.3) is 0 Å². The number of thiazole rings is 1. The minimum absolute atomic E-state index is 0.417. The second kappa shape index (κ2) is 11.2. The van der Waals surface area contributed by atoms with E-state index in [1.807, 2.05) is 38.5 Å². The standard InChI is InChI=1S/C19H27N7OS/c1-5-14(18-11-22-19(28-18)8-16-6-7-23-25-16)10-24-26(3)12-17(20)15(9-21-2)13-27-4/h5-7,9-11H,8,12-13,20H2,1-4H3,(H,23,25)/b14-5+,17-15?,21-9?,24-10-. The molecule has 2 heterocycles. The van der Waals surface area contributed by atoms with E-state index in [0.717, 1.165) is 33.1 Å². The van der Waals surface area contributed by atoms with E-state index < -0.39 is 0 Å².